The Balaban J connectivity index is 1.75. The Labute approximate surface area is 185 Å². The molecule has 1 aliphatic rings. The molecule has 0 unspecified atom stereocenters. The van der Waals surface area contributed by atoms with Crippen molar-refractivity contribution in [1.29, 1.82) is 0 Å². The second-order valence-electron chi connectivity index (χ2n) is 9.14. The highest BCUT2D eigenvalue weighted by molar-refractivity contribution is 7.98. The number of aryl methyl sites for hydroxylation is 1. The van der Waals surface area contributed by atoms with E-state index in [0.717, 1.165) is 12.2 Å². The molecule has 1 aromatic heterocycles. The van der Waals surface area contributed by atoms with Crippen molar-refractivity contribution in [3.8, 4) is 16.9 Å². The second kappa shape index (κ2) is 8.73. The van der Waals surface area contributed by atoms with Crippen molar-refractivity contribution in [2.24, 2.45) is 0 Å². The molecule has 0 aliphatic carbocycles. The number of hydrogen-bond donors (Lipinski definition) is 0. The van der Waals surface area contributed by atoms with E-state index in [1.807, 2.05) is 12.1 Å². The topological polar surface area (TPSA) is 8.17 Å². The molecule has 3 aromatic rings. The lowest BCUT2D eigenvalue weighted by Gasteiger charge is -2.35. The zero-order valence-electron chi connectivity index (χ0n) is 18.4. The molecule has 4 rings (SSSR count). The first kappa shape index (κ1) is 21.4. The molecular weight excluding hydrogens is 407 g/mol. The summed E-state index contributed by atoms with van der Waals surface area (Å²) in [5.74, 6) is -0.199. The Morgan fingerprint density at radius 2 is 1.60 bits per heavy atom. The Morgan fingerprint density at radius 3 is 2.20 bits per heavy atom. The quantitative estimate of drug-likeness (QED) is 0.318. The zero-order chi connectivity index (χ0) is 21.3. The Morgan fingerprint density at radius 1 is 0.967 bits per heavy atom. The first-order valence-corrected chi connectivity index (χ1v) is 15.3. The molecule has 0 saturated carbocycles. The number of rotatable bonds is 5. The van der Waals surface area contributed by atoms with Crippen LogP contribution in [0.15, 0.2) is 59.5 Å². The van der Waals surface area contributed by atoms with E-state index in [1.54, 1.807) is 23.9 Å². The minimum Gasteiger partial charge on any atom is -0.314 e. The Hall–Kier alpha value is -1.82. The van der Waals surface area contributed by atoms with Crippen LogP contribution < -0.4 is 0 Å². The highest BCUT2D eigenvalue weighted by Gasteiger charge is 2.28. The largest absolute Gasteiger partial charge is 0.314 e. The maximum Gasteiger partial charge on any atom is 0.123 e. The average Bonchev–Trinajstić information content (AvgIpc) is 3.06. The van der Waals surface area contributed by atoms with Crippen molar-refractivity contribution < 1.29 is 4.39 Å². The lowest BCUT2D eigenvalue weighted by atomic mass is 10.1. The third kappa shape index (κ3) is 4.58. The zero-order valence-corrected chi connectivity index (χ0v) is 20.2. The van der Waals surface area contributed by atoms with Crippen molar-refractivity contribution in [3.63, 3.8) is 0 Å². The van der Waals surface area contributed by atoms with E-state index in [9.17, 15) is 4.39 Å². The van der Waals surface area contributed by atoms with E-state index in [0.29, 0.717) is 0 Å². The van der Waals surface area contributed by atoms with Gasteiger partial charge in [0.05, 0.1) is 5.69 Å². The van der Waals surface area contributed by atoms with Gasteiger partial charge >= 0.3 is 0 Å². The molecule has 30 heavy (non-hydrogen) atoms. The molecule has 0 N–H and O–H groups in total. The summed E-state index contributed by atoms with van der Waals surface area (Å²) in [4.78, 5) is 3.88. The van der Waals surface area contributed by atoms with Crippen LogP contribution in [-0.2, 0) is 6.54 Å². The van der Waals surface area contributed by atoms with E-state index < -0.39 is 8.07 Å². The van der Waals surface area contributed by atoms with Crippen molar-refractivity contribution in [2.45, 2.75) is 43.5 Å². The van der Waals surface area contributed by atoms with Gasteiger partial charge in [0.25, 0.3) is 0 Å². The van der Waals surface area contributed by atoms with Crippen LogP contribution >= 0.6 is 11.8 Å². The normalized spacial score (nSPS) is 16.7. The number of hydrogen-bond acceptors (Lipinski definition) is 2. The van der Waals surface area contributed by atoms with Crippen molar-refractivity contribution in [1.82, 2.24) is 9.47 Å². The molecule has 2 nitrogen and oxygen atoms in total. The van der Waals surface area contributed by atoms with Gasteiger partial charge < -0.3 is 4.57 Å². The van der Waals surface area contributed by atoms with Crippen molar-refractivity contribution >= 4 is 19.8 Å². The minimum absolute atomic E-state index is 0.199. The minimum atomic E-state index is -0.986. The fourth-order valence-electron chi connectivity index (χ4n) is 4.37. The van der Waals surface area contributed by atoms with Gasteiger partial charge in [-0.1, -0.05) is 25.2 Å². The van der Waals surface area contributed by atoms with Gasteiger partial charge in [-0.05, 0) is 91.9 Å². The summed E-state index contributed by atoms with van der Waals surface area (Å²) in [5.41, 5.74) is 6.00. The monoisotopic (exact) mass is 438 g/mol. The summed E-state index contributed by atoms with van der Waals surface area (Å²) in [6.07, 6.45) is 2.10. The summed E-state index contributed by atoms with van der Waals surface area (Å²) >= 11 is 1.76. The Bertz CT molecular complexity index is 999. The number of benzene rings is 2. The maximum atomic E-state index is 13.6. The third-order valence-electron chi connectivity index (χ3n) is 6.32. The van der Waals surface area contributed by atoms with Crippen LogP contribution in [0.2, 0.25) is 25.2 Å². The molecule has 2 aromatic carbocycles. The van der Waals surface area contributed by atoms with Crippen molar-refractivity contribution in [2.75, 3.05) is 19.3 Å². The smallest absolute Gasteiger partial charge is 0.123 e. The lowest BCUT2D eigenvalue weighted by molar-refractivity contribution is 0.282. The van der Waals surface area contributed by atoms with Gasteiger partial charge in [-0.15, -0.1) is 11.8 Å². The van der Waals surface area contributed by atoms with Gasteiger partial charge in [-0.25, -0.2) is 4.39 Å². The molecule has 1 saturated heterocycles. The second-order valence-corrected chi connectivity index (χ2v) is 15.3. The molecule has 1 aliphatic heterocycles. The Kier molecular flexibility index (Phi) is 6.23. The highest BCUT2D eigenvalue weighted by Crippen LogP contribution is 2.34. The predicted octanol–water partition coefficient (Wildman–Crippen LogP) is 6.84. The van der Waals surface area contributed by atoms with E-state index >= 15 is 0 Å². The van der Waals surface area contributed by atoms with E-state index in [-0.39, 0.29) is 5.82 Å². The molecule has 0 atom stereocenters. The molecule has 0 bridgehead atoms. The molecule has 1 fully saturated rings. The first-order chi connectivity index (χ1) is 14.4. The summed E-state index contributed by atoms with van der Waals surface area (Å²) < 4.78 is 15.9. The van der Waals surface area contributed by atoms with Crippen LogP contribution in [-0.4, -0.2) is 36.9 Å². The van der Waals surface area contributed by atoms with Gasteiger partial charge in [0, 0.05) is 30.9 Å². The van der Waals surface area contributed by atoms with Crippen LogP contribution in [0.25, 0.3) is 16.9 Å². The summed E-state index contributed by atoms with van der Waals surface area (Å²) in [6.45, 7) is 10.5. The van der Waals surface area contributed by atoms with Gasteiger partial charge in [-0.3, -0.25) is 4.90 Å². The molecule has 0 amide bonds. The van der Waals surface area contributed by atoms with Crippen LogP contribution in [0.3, 0.4) is 0 Å². The van der Waals surface area contributed by atoms with Crippen molar-refractivity contribution in [3.05, 3.63) is 71.7 Å². The van der Waals surface area contributed by atoms with Crippen LogP contribution in [0.5, 0.6) is 0 Å². The average molecular weight is 439 g/mol. The SMILES string of the molecule is CSc1ccc(-c2c(CN3CC[Si](C)(C)CC3)cc(C)n2-c2ccc(F)cc2)cc1. The van der Waals surface area contributed by atoms with E-state index in [4.69, 9.17) is 0 Å². The fraction of sp³-hybridized carbons (Fsp3) is 0.360. The first-order valence-electron chi connectivity index (χ1n) is 10.7. The summed E-state index contributed by atoms with van der Waals surface area (Å²) in [5, 5.41) is 0. The molecule has 158 valence electrons. The fourth-order valence-corrected chi connectivity index (χ4v) is 6.87. The summed E-state index contributed by atoms with van der Waals surface area (Å²) in [6, 6.07) is 20.7. The molecular formula is C25H31FN2SSi. The lowest BCUT2D eigenvalue weighted by Crippen LogP contribution is -2.42. The molecule has 0 radical (unpaired) electrons. The predicted molar refractivity (Wildman–Crippen MR) is 130 cm³/mol. The van der Waals surface area contributed by atoms with Gasteiger partial charge in [0.2, 0.25) is 0 Å². The molecule has 5 heteroatoms. The number of aromatic nitrogens is 1. The maximum absolute atomic E-state index is 13.6. The third-order valence-corrected chi connectivity index (χ3v) is 10.2. The van der Waals surface area contributed by atoms with Crippen LogP contribution in [0, 0.1) is 12.7 Å². The molecule has 0 spiro atoms. The number of nitrogens with zero attached hydrogens (tertiary/aromatic N) is 2. The highest BCUT2D eigenvalue weighted by atomic mass is 32.2. The standard InChI is InChI=1S/C25H31FN2SSi/c1-19-17-21(18-27-13-15-30(3,4)16-14-27)25(20-5-11-24(29-2)12-6-20)28(19)23-9-7-22(26)8-10-23/h5-12,17H,13-16,18H2,1-4H3. The van der Waals surface area contributed by atoms with Gasteiger partial charge in [0.1, 0.15) is 5.82 Å². The van der Waals surface area contributed by atoms with E-state index in [2.05, 4.69) is 66.1 Å². The molecule has 2 heterocycles. The number of thioether (sulfide) groups is 1. The van der Waals surface area contributed by atoms with Crippen LogP contribution in [0.4, 0.5) is 4.39 Å². The van der Waals surface area contributed by atoms with E-state index in [1.165, 1.54) is 52.6 Å². The van der Waals surface area contributed by atoms with Gasteiger partial charge in [-0.2, -0.15) is 0 Å². The number of halogens is 1. The van der Waals surface area contributed by atoms with Gasteiger partial charge in [0.15, 0.2) is 0 Å². The van der Waals surface area contributed by atoms with Crippen LogP contribution in [0.1, 0.15) is 11.3 Å². The summed E-state index contributed by atoms with van der Waals surface area (Å²) in [7, 11) is -0.986.